The van der Waals surface area contributed by atoms with Gasteiger partial charge < -0.3 is 19.5 Å². The van der Waals surface area contributed by atoms with E-state index in [2.05, 4.69) is 15.5 Å². The van der Waals surface area contributed by atoms with Crippen LogP contribution in [-0.4, -0.2) is 28.5 Å². The number of anilines is 2. The molecule has 0 bridgehead atoms. The number of hydrogen-bond donors (Lipinski definition) is 1. The SMILES string of the molecule is CCc1nc(COc2ccc(C(=O)Nc3ccc(N4CCCC4=O)c(F)c3)cc2)no1. The van der Waals surface area contributed by atoms with E-state index in [1.54, 1.807) is 30.3 Å². The predicted octanol–water partition coefficient (Wildman–Crippen LogP) is 3.73. The van der Waals surface area contributed by atoms with Crippen molar-refractivity contribution in [3.8, 4) is 5.75 Å². The molecule has 160 valence electrons. The van der Waals surface area contributed by atoms with Crippen molar-refractivity contribution in [2.45, 2.75) is 32.8 Å². The molecule has 0 unspecified atom stereocenters. The molecule has 0 spiro atoms. The van der Waals surface area contributed by atoms with E-state index < -0.39 is 5.82 Å². The average molecular weight is 424 g/mol. The van der Waals surface area contributed by atoms with Crippen molar-refractivity contribution < 1.29 is 23.2 Å². The van der Waals surface area contributed by atoms with Gasteiger partial charge in [-0.05, 0) is 48.9 Å². The van der Waals surface area contributed by atoms with Crippen molar-refractivity contribution in [3.05, 3.63) is 65.6 Å². The van der Waals surface area contributed by atoms with Gasteiger partial charge in [0.2, 0.25) is 17.6 Å². The Morgan fingerprint density at radius 1 is 1.26 bits per heavy atom. The van der Waals surface area contributed by atoms with Gasteiger partial charge >= 0.3 is 0 Å². The van der Waals surface area contributed by atoms with Gasteiger partial charge in [0.15, 0.2) is 6.61 Å². The highest BCUT2D eigenvalue weighted by molar-refractivity contribution is 6.04. The smallest absolute Gasteiger partial charge is 0.255 e. The minimum Gasteiger partial charge on any atom is -0.485 e. The molecule has 2 heterocycles. The summed E-state index contributed by atoms with van der Waals surface area (Å²) in [7, 11) is 0. The molecule has 3 aromatic rings. The molecule has 1 aliphatic rings. The van der Waals surface area contributed by atoms with Crippen LogP contribution in [0.5, 0.6) is 5.75 Å². The Morgan fingerprint density at radius 2 is 2.06 bits per heavy atom. The summed E-state index contributed by atoms with van der Waals surface area (Å²) in [5.74, 6) is 0.501. The van der Waals surface area contributed by atoms with Crippen LogP contribution in [0, 0.1) is 5.82 Å². The Bertz CT molecular complexity index is 1100. The lowest BCUT2D eigenvalue weighted by atomic mass is 10.2. The second-order valence-corrected chi connectivity index (χ2v) is 7.04. The minimum absolute atomic E-state index is 0.0943. The van der Waals surface area contributed by atoms with Crippen LogP contribution < -0.4 is 15.0 Å². The molecule has 1 aliphatic heterocycles. The molecule has 0 saturated carbocycles. The highest BCUT2D eigenvalue weighted by Gasteiger charge is 2.24. The lowest BCUT2D eigenvalue weighted by molar-refractivity contribution is -0.117. The molecule has 31 heavy (non-hydrogen) atoms. The minimum atomic E-state index is -0.551. The van der Waals surface area contributed by atoms with Crippen LogP contribution in [0.15, 0.2) is 47.0 Å². The van der Waals surface area contributed by atoms with Gasteiger partial charge in [-0.15, -0.1) is 0 Å². The first-order chi connectivity index (χ1) is 15.0. The van der Waals surface area contributed by atoms with Gasteiger partial charge in [0.05, 0.1) is 5.69 Å². The summed E-state index contributed by atoms with van der Waals surface area (Å²) >= 11 is 0. The molecule has 4 rings (SSSR count). The third kappa shape index (κ3) is 4.71. The fourth-order valence-corrected chi connectivity index (χ4v) is 3.25. The first kappa shape index (κ1) is 20.5. The Morgan fingerprint density at radius 3 is 2.71 bits per heavy atom. The van der Waals surface area contributed by atoms with Gasteiger partial charge in [0.25, 0.3) is 5.91 Å². The number of carbonyl (C=O) groups excluding carboxylic acids is 2. The largest absolute Gasteiger partial charge is 0.485 e. The average Bonchev–Trinajstić information content (AvgIpc) is 3.41. The molecule has 2 amide bonds. The van der Waals surface area contributed by atoms with Crippen LogP contribution in [0.25, 0.3) is 0 Å². The Labute approximate surface area is 178 Å². The molecule has 0 atom stereocenters. The third-order valence-electron chi connectivity index (χ3n) is 4.87. The third-order valence-corrected chi connectivity index (χ3v) is 4.87. The molecule has 1 fully saturated rings. The van der Waals surface area contributed by atoms with Crippen LogP contribution in [0.4, 0.5) is 15.8 Å². The molecule has 0 aliphatic carbocycles. The van der Waals surface area contributed by atoms with Crippen molar-refractivity contribution in [3.63, 3.8) is 0 Å². The molecule has 1 N–H and O–H groups in total. The number of nitrogens with one attached hydrogen (secondary N) is 1. The number of nitrogens with zero attached hydrogens (tertiary/aromatic N) is 3. The van der Waals surface area contributed by atoms with Gasteiger partial charge in [-0.3, -0.25) is 9.59 Å². The van der Waals surface area contributed by atoms with Crippen LogP contribution in [0.3, 0.4) is 0 Å². The number of amides is 2. The monoisotopic (exact) mass is 424 g/mol. The number of carbonyl (C=O) groups is 2. The van der Waals surface area contributed by atoms with E-state index in [0.717, 1.165) is 0 Å². The number of aromatic nitrogens is 2. The highest BCUT2D eigenvalue weighted by atomic mass is 19.1. The molecule has 0 radical (unpaired) electrons. The summed E-state index contributed by atoms with van der Waals surface area (Å²) in [6, 6.07) is 10.8. The maximum absolute atomic E-state index is 14.5. The predicted molar refractivity (Wildman–Crippen MR) is 110 cm³/mol. The van der Waals surface area contributed by atoms with Crippen LogP contribution in [0.1, 0.15) is 41.8 Å². The van der Waals surface area contributed by atoms with Gasteiger partial charge in [0.1, 0.15) is 11.6 Å². The van der Waals surface area contributed by atoms with E-state index in [0.29, 0.717) is 54.5 Å². The number of halogens is 1. The van der Waals surface area contributed by atoms with Crippen LogP contribution in [0.2, 0.25) is 0 Å². The molecule has 1 saturated heterocycles. The topological polar surface area (TPSA) is 97.6 Å². The summed E-state index contributed by atoms with van der Waals surface area (Å²) in [5.41, 5.74) is 0.927. The van der Waals surface area contributed by atoms with E-state index in [1.807, 2.05) is 6.92 Å². The molecule has 2 aromatic carbocycles. The van der Waals surface area contributed by atoms with Gasteiger partial charge in [-0.1, -0.05) is 12.1 Å². The quantitative estimate of drug-likeness (QED) is 0.621. The van der Waals surface area contributed by atoms with E-state index >= 15 is 0 Å². The van der Waals surface area contributed by atoms with Gasteiger partial charge in [-0.25, -0.2) is 4.39 Å². The standard InChI is InChI=1S/C22H21FN4O4/c1-2-20-25-19(26-31-20)13-30-16-8-5-14(6-9-16)22(29)24-15-7-10-18(17(23)12-15)27-11-3-4-21(27)28/h5-10,12H,2-4,11,13H2,1H3,(H,24,29). The number of ether oxygens (including phenoxy) is 1. The van der Waals surface area contributed by atoms with Gasteiger partial charge in [0, 0.05) is 30.6 Å². The Hall–Kier alpha value is -3.75. The maximum atomic E-state index is 14.5. The van der Waals surface area contributed by atoms with Crippen molar-refractivity contribution in [1.29, 1.82) is 0 Å². The van der Waals surface area contributed by atoms with E-state index in [1.165, 1.54) is 17.0 Å². The lowest BCUT2D eigenvalue weighted by Gasteiger charge is -2.17. The number of benzene rings is 2. The van der Waals surface area contributed by atoms with Gasteiger partial charge in [-0.2, -0.15) is 4.98 Å². The van der Waals surface area contributed by atoms with Crippen molar-refractivity contribution >= 4 is 23.2 Å². The zero-order valence-corrected chi connectivity index (χ0v) is 16.9. The maximum Gasteiger partial charge on any atom is 0.255 e. The van der Waals surface area contributed by atoms with Crippen LogP contribution >= 0.6 is 0 Å². The molecular formula is C22H21FN4O4. The Kier molecular flexibility index (Phi) is 5.92. The summed E-state index contributed by atoms with van der Waals surface area (Å²) in [6.45, 7) is 2.57. The molecule has 1 aromatic heterocycles. The van der Waals surface area contributed by atoms with Crippen molar-refractivity contribution in [2.75, 3.05) is 16.8 Å². The van der Waals surface area contributed by atoms with E-state index in [-0.39, 0.29) is 24.1 Å². The van der Waals surface area contributed by atoms with Crippen LogP contribution in [-0.2, 0) is 17.8 Å². The zero-order chi connectivity index (χ0) is 21.8. The second-order valence-electron chi connectivity index (χ2n) is 7.04. The second kappa shape index (κ2) is 8.95. The molecule has 9 heteroatoms. The number of hydrogen-bond acceptors (Lipinski definition) is 6. The first-order valence-corrected chi connectivity index (χ1v) is 9.99. The summed E-state index contributed by atoms with van der Waals surface area (Å²) < 4.78 is 25.1. The highest BCUT2D eigenvalue weighted by Crippen LogP contribution is 2.27. The summed E-state index contributed by atoms with van der Waals surface area (Å²) in [6.07, 6.45) is 1.79. The summed E-state index contributed by atoms with van der Waals surface area (Å²) in [5, 5.41) is 6.47. The fourth-order valence-electron chi connectivity index (χ4n) is 3.25. The number of rotatable bonds is 7. The van der Waals surface area contributed by atoms with Crippen molar-refractivity contribution in [1.82, 2.24) is 10.1 Å². The van der Waals surface area contributed by atoms with E-state index in [4.69, 9.17) is 9.26 Å². The first-order valence-electron chi connectivity index (χ1n) is 9.99. The molecule has 8 nitrogen and oxygen atoms in total. The number of aryl methyl sites for hydroxylation is 1. The Balaban J connectivity index is 1.36. The normalized spacial score (nSPS) is 13.5. The lowest BCUT2D eigenvalue weighted by Crippen LogP contribution is -2.24. The zero-order valence-electron chi connectivity index (χ0n) is 16.9. The van der Waals surface area contributed by atoms with E-state index in [9.17, 15) is 14.0 Å². The summed E-state index contributed by atoms with van der Waals surface area (Å²) in [4.78, 5) is 29.9. The molecular weight excluding hydrogens is 403 g/mol. The van der Waals surface area contributed by atoms with Crippen molar-refractivity contribution in [2.24, 2.45) is 0 Å². The fraction of sp³-hybridized carbons (Fsp3) is 0.273.